The third kappa shape index (κ3) is 6.45. The maximum Gasteiger partial charge on any atom is 0.330 e. The molecule has 4 aromatic carbocycles. The average molecular weight is 604 g/mol. The van der Waals surface area contributed by atoms with Gasteiger partial charge in [-0.05, 0) is 59.8 Å². The van der Waals surface area contributed by atoms with Gasteiger partial charge < -0.3 is 23.7 Å². The van der Waals surface area contributed by atoms with E-state index in [9.17, 15) is 13.2 Å². The maximum atomic E-state index is 14.0. The van der Waals surface area contributed by atoms with Crippen molar-refractivity contribution >= 4 is 38.5 Å². The Morgan fingerprint density at radius 3 is 2.51 bits per heavy atom. The second kappa shape index (κ2) is 13.2. The van der Waals surface area contributed by atoms with Crippen LogP contribution in [0.1, 0.15) is 18.1 Å². The minimum atomic E-state index is -4.08. The summed E-state index contributed by atoms with van der Waals surface area (Å²) in [5, 5.41) is 1.19. The molecule has 0 fully saturated rings. The molecule has 10 heteroatoms. The van der Waals surface area contributed by atoms with Gasteiger partial charge in [0.2, 0.25) is 0 Å². The second-order valence-corrected chi connectivity index (χ2v) is 11.3. The molecule has 0 saturated heterocycles. The van der Waals surface area contributed by atoms with Crippen molar-refractivity contribution in [2.45, 2.75) is 18.2 Å². The highest BCUT2D eigenvalue weighted by Crippen LogP contribution is 2.43. The van der Waals surface area contributed by atoms with Crippen molar-refractivity contribution in [2.24, 2.45) is 0 Å². The summed E-state index contributed by atoms with van der Waals surface area (Å²) >= 11 is 0. The Morgan fingerprint density at radius 1 is 0.930 bits per heavy atom. The molecule has 9 nitrogen and oxygen atoms in total. The van der Waals surface area contributed by atoms with Crippen molar-refractivity contribution in [1.29, 1.82) is 0 Å². The Morgan fingerprint density at radius 2 is 1.74 bits per heavy atom. The monoisotopic (exact) mass is 603 g/mol. The number of hydrogen-bond acceptors (Lipinski definition) is 8. The molecule has 0 atom stereocenters. The molecule has 1 N–H and O–H groups in total. The first-order valence-corrected chi connectivity index (χ1v) is 15.3. The molecule has 1 aliphatic rings. The molecular weight excluding hydrogens is 570 g/mol. The number of methoxy groups -OCH3 is 2. The molecule has 0 amide bonds. The highest BCUT2D eigenvalue weighted by Gasteiger charge is 2.24. The van der Waals surface area contributed by atoms with Gasteiger partial charge in [-0.3, -0.25) is 4.72 Å². The number of sulfonamides is 1. The number of fused-ring (bicyclic) bond motifs is 2. The molecule has 0 aromatic heterocycles. The molecular formula is C33H33NO8S. The molecule has 1 aliphatic heterocycles. The van der Waals surface area contributed by atoms with Crippen LogP contribution in [0.5, 0.6) is 17.2 Å². The lowest BCUT2D eigenvalue weighted by Gasteiger charge is -2.23. The quantitative estimate of drug-likeness (QED) is 0.187. The lowest BCUT2D eigenvalue weighted by Crippen LogP contribution is -2.16. The molecule has 0 saturated carbocycles. The van der Waals surface area contributed by atoms with Crippen LogP contribution in [0, 0.1) is 0 Å². The van der Waals surface area contributed by atoms with Gasteiger partial charge in [0.1, 0.15) is 12.4 Å². The van der Waals surface area contributed by atoms with E-state index < -0.39 is 16.0 Å². The topological polar surface area (TPSA) is 109 Å². The number of ether oxygens (including phenoxy) is 5. The lowest BCUT2D eigenvalue weighted by atomic mass is 9.95. The summed E-state index contributed by atoms with van der Waals surface area (Å²) in [6.45, 7) is 3.30. The first kappa shape index (κ1) is 29.9. The van der Waals surface area contributed by atoms with Gasteiger partial charge in [-0.1, -0.05) is 36.4 Å². The van der Waals surface area contributed by atoms with E-state index in [0.29, 0.717) is 71.1 Å². The summed E-state index contributed by atoms with van der Waals surface area (Å²) in [5.74, 6) is 1.29. The van der Waals surface area contributed by atoms with Crippen LogP contribution in [0.15, 0.2) is 77.7 Å². The van der Waals surface area contributed by atoms with Crippen LogP contribution in [0.3, 0.4) is 0 Å². The largest absolute Gasteiger partial charge is 0.497 e. The third-order valence-corrected chi connectivity index (χ3v) is 8.49. The fraction of sp³-hybridized carbons (Fsp3) is 0.242. The standard InChI is InChI=1S/C33H33NO8S/c1-4-41-32(35)16-10-22-9-15-31(26-8-6-5-7-24(22)26)43(36,37)34-29-13-11-23(38-2)21-28(29)25-12-14-30(39-3)33-27(25)17-18-40-19-20-42-33/h5-16,21,34H,4,17-20H2,1-3H3/b16-10+. The first-order chi connectivity index (χ1) is 20.9. The van der Waals surface area contributed by atoms with Gasteiger partial charge in [-0.15, -0.1) is 0 Å². The Hall–Kier alpha value is -4.54. The van der Waals surface area contributed by atoms with Crippen molar-refractivity contribution in [1.82, 2.24) is 0 Å². The number of anilines is 1. The van der Waals surface area contributed by atoms with Crippen LogP contribution in [0.4, 0.5) is 5.69 Å². The predicted octanol–water partition coefficient (Wildman–Crippen LogP) is 5.85. The van der Waals surface area contributed by atoms with Crippen molar-refractivity contribution < 1.29 is 36.9 Å². The summed E-state index contributed by atoms with van der Waals surface area (Å²) < 4.78 is 58.6. The fourth-order valence-electron chi connectivity index (χ4n) is 5.09. The Balaban J connectivity index is 1.60. The van der Waals surface area contributed by atoms with Gasteiger partial charge in [0, 0.05) is 29.0 Å². The number of rotatable bonds is 9. The Labute approximate surface area is 251 Å². The molecule has 1 heterocycles. The van der Waals surface area contributed by atoms with Crippen molar-refractivity contribution in [3.8, 4) is 28.4 Å². The SMILES string of the molecule is CCOC(=O)/C=C/c1ccc(S(=O)(=O)Nc2ccc(OC)cc2-c2ccc(OC)c3c2CCOCCO3)c2ccccc12. The highest BCUT2D eigenvalue weighted by atomic mass is 32.2. The van der Waals surface area contributed by atoms with Crippen LogP contribution in [0.25, 0.3) is 28.0 Å². The number of esters is 1. The van der Waals surface area contributed by atoms with E-state index in [1.54, 1.807) is 63.6 Å². The highest BCUT2D eigenvalue weighted by molar-refractivity contribution is 7.93. The van der Waals surface area contributed by atoms with E-state index in [-0.39, 0.29) is 11.5 Å². The van der Waals surface area contributed by atoms with E-state index >= 15 is 0 Å². The van der Waals surface area contributed by atoms with Crippen LogP contribution >= 0.6 is 0 Å². The summed E-state index contributed by atoms with van der Waals surface area (Å²) in [6, 6.07) is 19.2. The normalized spacial score (nSPS) is 13.5. The van der Waals surface area contributed by atoms with E-state index in [4.69, 9.17) is 23.7 Å². The molecule has 43 heavy (non-hydrogen) atoms. The number of carbonyl (C=O) groups excluding carboxylic acids is 1. The molecule has 0 unspecified atom stereocenters. The first-order valence-electron chi connectivity index (χ1n) is 13.8. The van der Waals surface area contributed by atoms with Gasteiger partial charge in [0.25, 0.3) is 10.0 Å². The molecule has 0 aliphatic carbocycles. The zero-order chi connectivity index (χ0) is 30.4. The minimum absolute atomic E-state index is 0.0972. The summed E-state index contributed by atoms with van der Waals surface area (Å²) in [4.78, 5) is 12.0. The number of nitrogens with one attached hydrogen (secondary N) is 1. The third-order valence-electron chi connectivity index (χ3n) is 7.07. The van der Waals surface area contributed by atoms with Crippen LogP contribution < -0.4 is 18.9 Å². The number of hydrogen-bond donors (Lipinski definition) is 1. The van der Waals surface area contributed by atoms with Crippen molar-refractivity contribution in [3.05, 3.63) is 83.9 Å². The maximum absolute atomic E-state index is 14.0. The predicted molar refractivity (Wildman–Crippen MR) is 165 cm³/mol. The molecule has 4 aromatic rings. The summed E-state index contributed by atoms with van der Waals surface area (Å²) in [5.41, 5.74) is 3.28. The summed E-state index contributed by atoms with van der Waals surface area (Å²) in [7, 11) is -0.938. The van der Waals surface area contributed by atoms with Gasteiger partial charge in [0.05, 0.1) is 44.6 Å². The number of benzene rings is 4. The van der Waals surface area contributed by atoms with Gasteiger partial charge in [-0.2, -0.15) is 0 Å². The minimum Gasteiger partial charge on any atom is -0.497 e. The molecule has 0 radical (unpaired) electrons. The Bertz CT molecular complexity index is 1780. The fourth-order valence-corrected chi connectivity index (χ4v) is 6.38. The molecule has 5 rings (SSSR count). The zero-order valence-electron chi connectivity index (χ0n) is 24.2. The van der Waals surface area contributed by atoms with E-state index in [1.165, 1.54) is 12.1 Å². The van der Waals surface area contributed by atoms with E-state index in [1.807, 2.05) is 24.3 Å². The van der Waals surface area contributed by atoms with E-state index in [0.717, 1.165) is 11.1 Å². The van der Waals surface area contributed by atoms with E-state index in [2.05, 4.69) is 4.72 Å². The molecule has 0 spiro atoms. The molecule has 0 bridgehead atoms. The second-order valence-electron chi connectivity index (χ2n) is 9.63. The smallest absolute Gasteiger partial charge is 0.330 e. The van der Waals surface area contributed by atoms with Crippen molar-refractivity contribution in [3.63, 3.8) is 0 Å². The van der Waals surface area contributed by atoms with Gasteiger partial charge in [-0.25, -0.2) is 13.2 Å². The Kier molecular flexibility index (Phi) is 9.18. The molecule has 224 valence electrons. The summed E-state index contributed by atoms with van der Waals surface area (Å²) in [6.07, 6.45) is 3.49. The van der Waals surface area contributed by atoms with Gasteiger partial charge >= 0.3 is 5.97 Å². The van der Waals surface area contributed by atoms with Gasteiger partial charge in [0.15, 0.2) is 11.5 Å². The van der Waals surface area contributed by atoms with Crippen LogP contribution in [-0.4, -0.2) is 55.0 Å². The zero-order valence-corrected chi connectivity index (χ0v) is 25.0. The number of carbonyl (C=O) groups is 1. The van der Waals surface area contributed by atoms with Crippen LogP contribution in [-0.2, 0) is 30.7 Å². The van der Waals surface area contributed by atoms with Crippen LogP contribution in [0.2, 0.25) is 0 Å². The lowest BCUT2D eigenvalue weighted by molar-refractivity contribution is -0.137. The average Bonchev–Trinajstić information content (AvgIpc) is 2.99. The van der Waals surface area contributed by atoms with Crippen molar-refractivity contribution in [2.75, 3.05) is 45.4 Å².